The second-order valence-electron chi connectivity index (χ2n) is 2.90. The molecule has 0 aliphatic rings. The summed E-state index contributed by atoms with van der Waals surface area (Å²) in [5, 5.41) is 8.55. The van der Waals surface area contributed by atoms with Crippen molar-refractivity contribution in [2.75, 3.05) is 0 Å². The number of hydrogen-bond acceptors (Lipinski definition) is 3. The van der Waals surface area contributed by atoms with Gasteiger partial charge in [0.2, 0.25) is 0 Å². The molecule has 1 heterocycles. The summed E-state index contributed by atoms with van der Waals surface area (Å²) < 4.78 is 40.9. The summed E-state index contributed by atoms with van der Waals surface area (Å²) in [6.07, 6.45) is -5.03. The van der Waals surface area contributed by atoms with Crippen molar-refractivity contribution in [3.63, 3.8) is 0 Å². The molecule has 0 aliphatic heterocycles. The third kappa shape index (κ3) is 4.20. The first-order valence-electron chi connectivity index (χ1n) is 4.24. The summed E-state index contributed by atoms with van der Waals surface area (Å²) in [6.45, 7) is 0. The molecule has 0 spiro atoms. The minimum absolute atomic E-state index is 0.0267. The Morgan fingerprint density at radius 3 is 2.65 bits per heavy atom. The molecule has 0 fully saturated rings. The zero-order chi connectivity index (χ0) is 13.1. The fourth-order valence-corrected chi connectivity index (χ4v) is 2.00. The average molecular weight is 377 g/mol. The van der Waals surface area contributed by atoms with E-state index in [4.69, 9.17) is 16.9 Å². The Hall–Kier alpha value is -0.750. The van der Waals surface area contributed by atoms with Crippen LogP contribution in [0.5, 0.6) is 5.75 Å². The van der Waals surface area contributed by atoms with Gasteiger partial charge in [-0.3, -0.25) is 0 Å². The van der Waals surface area contributed by atoms with Crippen LogP contribution in [-0.2, 0) is 12.3 Å². The van der Waals surface area contributed by atoms with Crippen molar-refractivity contribution < 1.29 is 17.9 Å². The molecule has 8 heteroatoms. The molecule has 1 aromatic heterocycles. The summed E-state index contributed by atoms with van der Waals surface area (Å²) in [4.78, 5) is 3.84. The third-order valence-electron chi connectivity index (χ3n) is 1.70. The smallest absolute Gasteiger partial charge is 0.403 e. The van der Waals surface area contributed by atoms with Crippen LogP contribution in [0.15, 0.2) is 6.07 Å². The zero-order valence-corrected chi connectivity index (χ0v) is 11.1. The lowest BCUT2D eigenvalue weighted by molar-refractivity contribution is -0.275. The van der Waals surface area contributed by atoms with E-state index in [1.807, 2.05) is 22.6 Å². The van der Waals surface area contributed by atoms with Crippen LogP contribution in [0.4, 0.5) is 13.2 Å². The van der Waals surface area contributed by atoms with Gasteiger partial charge in [0.15, 0.2) is 5.75 Å². The number of alkyl halides is 4. The quantitative estimate of drug-likeness (QED) is 0.461. The molecule has 0 radical (unpaired) electrons. The normalized spacial score (nSPS) is 11.1. The molecule has 0 N–H and O–H groups in total. The summed E-state index contributed by atoms with van der Waals surface area (Å²) in [6, 6.07) is 3.13. The minimum atomic E-state index is -4.83. The predicted molar refractivity (Wildman–Crippen MR) is 62.5 cm³/mol. The van der Waals surface area contributed by atoms with Crippen molar-refractivity contribution in [3.8, 4) is 11.8 Å². The molecule has 0 amide bonds. The standard InChI is InChI=1S/C9H5ClF3IN2O/c10-4-6-8(17-9(11,12)13)5(1-2-15)3-7(14)16-6/h3H,1,4H2. The Labute approximate surface area is 114 Å². The van der Waals surface area contributed by atoms with E-state index in [1.54, 1.807) is 6.07 Å². The van der Waals surface area contributed by atoms with E-state index >= 15 is 0 Å². The highest BCUT2D eigenvalue weighted by Gasteiger charge is 2.33. The number of pyridine rings is 1. The van der Waals surface area contributed by atoms with Crippen LogP contribution in [0.25, 0.3) is 0 Å². The van der Waals surface area contributed by atoms with Crippen molar-refractivity contribution in [3.05, 3.63) is 21.0 Å². The second-order valence-corrected chi connectivity index (χ2v) is 4.27. The van der Waals surface area contributed by atoms with Gasteiger partial charge in [0.05, 0.1) is 24.1 Å². The summed E-state index contributed by atoms with van der Waals surface area (Å²) in [7, 11) is 0. The van der Waals surface area contributed by atoms with Gasteiger partial charge in [-0.15, -0.1) is 24.8 Å². The summed E-state index contributed by atoms with van der Waals surface area (Å²) in [5.41, 5.74) is 0.0982. The fourth-order valence-electron chi connectivity index (χ4n) is 1.15. The zero-order valence-electron chi connectivity index (χ0n) is 8.18. The maximum atomic E-state index is 12.2. The van der Waals surface area contributed by atoms with Crippen LogP contribution >= 0.6 is 34.2 Å². The summed E-state index contributed by atoms with van der Waals surface area (Å²) >= 11 is 7.34. The van der Waals surface area contributed by atoms with Crippen molar-refractivity contribution in [2.24, 2.45) is 0 Å². The molecule has 0 atom stereocenters. The van der Waals surface area contributed by atoms with Crippen LogP contribution in [0.2, 0.25) is 0 Å². The van der Waals surface area contributed by atoms with E-state index in [-0.39, 0.29) is 23.6 Å². The van der Waals surface area contributed by atoms with Gasteiger partial charge in [0.1, 0.15) is 3.70 Å². The molecule has 17 heavy (non-hydrogen) atoms. The highest BCUT2D eigenvalue weighted by molar-refractivity contribution is 14.1. The molecule has 0 saturated carbocycles. The first-order valence-corrected chi connectivity index (χ1v) is 5.85. The fraction of sp³-hybridized carbons (Fsp3) is 0.333. The first kappa shape index (κ1) is 14.3. The lowest BCUT2D eigenvalue weighted by Crippen LogP contribution is -2.19. The number of aromatic nitrogens is 1. The third-order valence-corrected chi connectivity index (χ3v) is 2.51. The Balaban J connectivity index is 3.27. The molecular weight excluding hydrogens is 371 g/mol. The van der Waals surface area contributed by atoms with Gasteiger partial charge in [-0.05, 0) is 28.7 Å². The summed E-state index contributed by atoms with van der Waals surface area (Å²) in [5.74, 6) is -0.699. The second kappa shape index (κ2) is 5.73. The van der Waals surface area contributed by atoms with Crippen LogP contribution in [0, 0.1) is 15.0 Å². The highest BCUT2D eigenvalue weighted by atomic mass is 127. The van der Waals surface area contributed by atoms with Crippen molar-refractivity contribution in [1.29, 1.82) is 5.26 Å². The van der Waals surface area contributed by atoms with Gasteiger partial charge < -0.3 is 4.74 Å². The van der Waals surface area contributed by atoms with Gasteiger partial charge in [-0.25, -0.2) is 4.98 Å². The topological polar surface area (TPSA) is 45.9 Å². The van der Waals surface area contributed by atoms with Gasteiger partial charge in [-0.2, -0.15) is 5.26 Å². The van der Waals surface area contributed by atoms with Crippen LogP contribution in [-0.4, -0.2) is 11.3 Å². The Morgan fingerprint density at radius 2 is 2.18 bits per heavy atom. The first-order chi connectivity index (χ1) is 7.87. The van der Waals surface area contributed by atoms with Gasteiger partial charge in [0.25, 0.3) is 0 Å². The van der Waals surface area contributed by atoms with Gasteiger partial charge in [0, 0.05) is 5.56 Å². The van der Waals surface area contributed by atoms with Crippen molar-refractivity contribution >= 4 is 34.2 Å². The van der Waals surface area contributed by atoms with E-state index in [0.29, 0.717) is 3.70 Å². The molecule has 0 bridgehead atoms. The van der Waals surface area contributed by atoms with E-state index in [1.165, 1.54) is 6.07 Å². The van der Waals surface area contributed by atoms with E-state index in [2.05, 4.69) is 9.72 Å². The van der Waals surface area contributed by atoms with Gasteiger partial charge in [-0.1, -0.05) is 0 Å². The molecule has 1 rings (SSSR count). The molecular formula is C9H5ClF3IN2O. The number of hydrogen-bond donors (Lipinski definition) is 0. The highest BCUT2D eigenvalue weighted by Crippen LogP contribution is 2.31. The van der Waals surface area contributed by atoms with E-state index in [0.717, 1.165) is 0 Å². The maximum absolute atomic E-state index is 12.2. The SMILES string of the molecule is N#CCc1cc(I)nc(CCl)c1OC(F)(F)F. The Morgan fingerprint density at radius 1 is 1.53 bits per heavy atom. The molecule has 0 aromatic carbocycles. The largest absolute Gasteiger partial charge is 0.573 e. The van der Waals surface area contributed by atoms with Crippen LogP contribution < -0.4 is 4.74 Å². The number of nitrogens with zero attached hydrogens (tertiary/aromatic N) is 2. The average Bonchev–Trinajstić information content (AvgIpc) is 2.20. The van der Waals surface area contributed by atoms with Crippen molar-refractivity contribution in [1.82, 2.24) is 4.98 Å². The number of nitriles is 1. The molecule has 1 aromatic rings. The Bertz CT molecular complexity index is 459. The van der Waals surface area contributed by atoms with Crippen LogP contribution in [0.1, 0.15) is 11.3 Å². The maximum Gasteiger partial charge on any atom is 0.573 e. The van der Waals surface area contributed by atoms with E-state index in [9.17, 15) is 13.2 Å². The van der Waals surface area contributed by atoms with Crippen molar-refractivity contribution in [2.45, 2.75) is 18.7 Å². The number of rotatable bonds is 3. The molecule has 92 valence electrons. The lowest BCUT2D eigenvalue weighted by Gasteiger charge is -2.14. The number of halogens is 5. The molecule has 3 nitrogen and oxygen atoms in total. The number of ether oxygens (including phenoxy) is 1. The lowest BCUT2D eigenvalue weighted by atomic mass is 10.1. The molecule has 0 unspecified atom stereocenters. The van der Waals surface area contributed by atoms with Crippen LogP contribution in [0.3, 0.4) is 0 Å². The van der Waals surface area contributed by atoms with E-state index < -0.39 is 12.1 Å². The monoisotopic (exact) mass is 376 g/mol. The molecule has 0 aliphatic carbocycles. The van der Waals surface area contributed by atoms with Gasteiger partial charge >= 0.3 is 6.36 Å². The minimum Gasteiger partial charge on any atom is -0.403 e. The molecule has 0 saturated heterocycles. The Kier molecular flexibility index (Phi) is 4.82. The predicted octanol–water partition coefficient (Wildman–Crippen LogP) is 3.39.